The Kier molecular flexibility index (Phi) is 4.39. The molecule has 1 amide bonds. The van der Waals surface area contributed by atoms with Gasteiger partial charge in [-0.15, -0.1) is 0 Å². The van der Waals surface area contributed by atoms with Crippen molar-refractivity contribution in [2.24, 2.45) is 11.8 Å². The largest absolute Gasteiger partial charge is 0.481 e. The van der Waals surface area contributed by atoms with Crippen LogP contribution in [0.5, 0.6) is 0 Å². The van der Waals surface area contributed by atoms with E-state index in [4.69, 9.17) is 11.6 Å². The van der Waals surface area contributed by atoms with Crippen LogP contribution in [0.25, 0.3) is 0 Å². The van der Waals surface area contributed by atoms with E-state index in [1.54, 1.807) is 17.0 Å². The molecule has 4 nitrogen and oxygen atoms in total. The normalized spacial score (nSPS) is 24.5. The van der Waals surface area contributed by atoms with E-state index in [-0.39, 0.29) is 11.8 Å². The molecule has 1 aliphatic heterocycles. The number of carbonyl (C=O) groups excluding carboxylic acids is 1. The molecule has 0 radical (unpaired) electrons. The average Bonchev–Trinajstić information content (AvgIpc) is 3.21. The molecule has 0 spiro atoms. The predicted molar refractivity (Wildman–Crippen MR) is 83.9 cm³/mol. The highest BCUT2D eigenvalue weighted by atomic mass is 35.5. The quantitative estimate of drug-likeness (QED) is 0.906. The van der Waals surface area contributed by atoms with Crippen molar-refractivity contribution in [2.75, 3.05) is 13.1 Å². The molecule has 1 heterocycles. The molecule has 1 aliphatic carbocycles. The van der Waals surface area contributed by atoms with Crippen LogP contribution in [0.2, 0.25) is 5.02 Å². The number of carboxylic acids is 1. The van der Waals surface area contributed by atoms with Crippen molar-refractivity contribution in [3.8, 4) is 0 Å². The molecule has 22 heavy (non-hydrogen) atoms. The molecule has 3 rings (SSSR count). The van der Waals surface area contributed by atoms with Crippen molar-refractivity contribution in [1.29, 1.82) is 0 Å². The minimum Gasteiger partial charge on any atom is -0.481 e. The van der Waals surface area contributed by atoms with Crippen LogP contribution >= 0.6 is 11.6 Å². The van der Waals surface area contributed by atoms with Gasteiger partial charge < -0.3 is 10.0 Å². The van der Waals surface area contributed by atoms with Gasteiger partial charge in [-0.25, -0.2) is 0 Å². The number of halogens is 1. The van der Waals surface area contributed by atoms with E-state index in [0.29, 0.717) is 30.5 Å². The Morgan fingerprint density at radius 1 is 1.18 bits per heavy atom. The predicted octanol–water partition coefficient (Wildman–Crippen LogP) is 3.16. The van der Waals surface area contributed by atoms with Crippen LogP contribution in [0.15, 0.2) is 24.3 Å². The maximum atomic E-state index is 12.3. The van der Waals surface area contributed by atoms with Gasteiger partial charge in [-0.05, 0) is 30.0 Å². The summed E-state index contributed by atoms with van der Waals surface area (Å²) in [4.78, 5) is 25.5. The molecule has 0 unspecified atom stereocenters. The molecule has 1 aromatic carbocycles. The second-order valence-corrected chi connectivity index (χ2v) is 6.82. The highest BCUT2D eigenvalue weighted by Crippen LogP contribution is 2.36. The second-order valence-electron chi connectivity index (χ2n) is 6.38. The molecule has 1 N–H and O–H groups in total. The molecule has 2 atom stereocenters. The number of amides is 1. The maximum absolute atomic E-state index is 12.3. The smallest absolute Gasteiger partial charge is 0.308 e. The van der Waals surface area contributed by atoms with Gasteiger partial charge in [0.05, 0.1) is 5.92 Å². The van der Waals surface area contributed by atoms with Crippen LogP contribution < -0.4 is 0 Å². The Balaban J connectivity index is 1.69. The fourth-order valence-corrected chi connectivity index (χ4v) is 3.32. The molecule has 1 saturated heterocycles. The van der Waals surface area contributed by atoms with E-state index < -0.39 is 11.9 Å². The van der Waals surface area contributed by atoms with Crippen molar-refractivity contribution in [2.45, 2.75) is 31.6 Å². The Hall–Kier alpha value is -1.55. The monoisotopic (exact) mass is 321 g/mol. The zero-order valence-corrected chi connectivity index (χ0v) is 13.1. The minimum atomic E-state index is -0.836. The van der Waals surface area contributed by atoms with Crippen molar-refractivity contribution < 1.29 is 14.7 Å². The number of carboxylic acid groups (broad SMARTS) is 1. The van der Waals surface area contributed by atoms with E-state index in [0.717, 1.165) is 12.0 Å². The lowest BCUT2D eigenvalue weighted by molar-refractivity contribution is -0.141. The molecule has 5 heteroatoms. The number of aliphatic carboxylic acids is 1. The van der Waals surface area contributed by atoms with Crippen LogP contribution in [0.4, 0.5) is 0 Å². The van der Waals surface area contributed by atoms with Crippen molar-refractivity contribution in [3.63, 3.8) is 0 Å². The summed E-state index contributed by atoms with van der Waals surface area (Å²) in [5.41, 5.74) is 0.939. The number of rotatable bonds is 5. The number of carbonyl (C=O) groups is 2. The molecule has 1 saturated carbocycles. The minimum absolute atomic E-state index is 0.0922. The summed E-state index contributed by atoms with van der Waals surface area (Å²) < 4.78 is 0. The maximum Gasteiger partial charge on any atom is 0.308 e. The van der Waals surface area contributed by atoms with Crippen LogP contribution in [0, 0.1) is 11.8 Å². The summed E-state index contributed by atoms with van der Waals surface area (Å²) in [7, 11) is 0. The number of nitrogens with zero attached hydrogens (tertiary/aromatic N) is 1. The van der Waals surface area contributed by atoms with Gasteiger partial charge in [-0.2, -0.15) is 0 Å². The van der Waals surface area contributed by atoms with E-state index in [9.17, 15) is 14.7 Å². The van der Waals surface area contributed by atoms with E-state index in [2.05, 4.69) is 0 Å². The summed E-state index contributed by atoms with van der Waals surface area (Å²) in [5.74, 6) is -0.716. The van der Waals surface area contributed by atoms with Gasteiger partial charge in [0.15, 0.2) is 0 Å². The average molecular weight is 322 g/mol. The first-order valence-corrected chi connectivity index (χ1v) is 8.18. The van der Waals surface area contributed by atoms with E-state index in [1.807, 2.05) is 12.1 Å². The molecular weight excluding hydrogens is 302 g/mol. The number of hydrogen-bond acceptors (Lipinski definition) is 2. The Morgan fingerprint density at radius 2 is 1.86 bits per heavy atom. The first-order chi connectivity index (χ1) is 10.5. The summed E-state index contributed by atoms with van der Waals surface area (Å²) >= 11 is 5.89. The molecule has 1 aromatic rings. The van der Waals surface area contributed by atoms with Gasteiger partial charge in [0.1, 0.15) is 0 Å². The molecule has 118 valence electrons. The van der Waals surface area contributed by atoms with Crippen LogP contribution in [0.3, 0.4) is 0 Å². The zero-order chi connectivity index (χ0) is 15.7. The Bertz CT molecular complexity index is 568. The summed E-state index contributed by atoms with van der Waals surface area (Å²) in [6.45, 7) is 0.800. The van der Waals surface area contributed by atoms with Crippen LogP contribution in [0.1, 0.15) is 37.2 Å². The molecule has 2 aliphatic rings. The Morgan fingerprint density at radius 3 is 2.45 bits per heavy atom. The Labute approximate surface area is 135 Å². The summed E-state index contributed by atoms with van der Waals surface area (Å²) in [6, 6.07) is 7.27. The number of hydrogen-bond donors (Lipinski definition) is 1. The lowest BCUT2D eigenvalue weighted by atomic mass is 9.89. The third-order valence-electron chi connectivity index (χ3n) is 4.75. The zero-order valence-electron chi connectivity index (χ0n) is 12.4. The fourth-order valence-electron chi connectivity index (χ4n) is 3.20. The summed E-state index contributed by atoms with van der Waals surface area (Å²) in [6.07, 6.45) is 3.96. The number of likely N-dealkylation sites (tertiary alicyclic amines) is 1. The van der Waals surface area contributed by atoms with Crippen molar-refractivity contribution in [3.05, 3.63) is 34.9 Å². The van der Waals surface area contributed by atoms with Gasteiger partial charge in [0, 0.05) is 30.5 Å². The van der Waals surface area contributed by atoms with Gasteiger partial charge in [0.2, 0.25) is 5.91 Å². The number of benzene rings is 1. The third-order valence-corrected chi connectivity index (χ3v) is 5.00. The first-order valence-electron chi connectivity index (χ1n) is 7.80. The van der Waals surface area contributed by atoms with E-state index in [1.165, 1.54) is 12.8 Å². The lowest BCUT2D eigenvalue weighted by Gasteiger charge is -2.16. The van der Waals surface area contributed by atoms with Crippen molar-refractivity contribution in [1.82, 2.24) is 4.90 Å². The second kappa shape index (κ2) is 6.29. The van der Waals surface area contributed by atoms with Gasteiger partial charge in [-0.1, -0.05) is 36.6 Å². The van der Waals surface area contributed by atoms with Gasteiger partial charge in [-0.3, -0.25) is 9.59 Å². The topological polar surface area (TPSA) is 57.6 Å². The summed E-state index contributed by atoms with van der Waals surface area (Å²) in [5, 5.41) is 10.1. The first kappa shape index (κ1) is 15.3. The van der Waals surface area contributed by atoms with Crippen molar-refractivity contribution >= 4 is 23.5 Å². The highest BCUT2D eigenvalue weighted by molar-refractivity contribution is 6.30. The fraction of sp³-hybridized carbons (Fsp3) is 0.529. The molecule has 2 fully saturated rings. The molecule has 0 bridgehead atoms. The standard InChI is InChI=1S/C17H20ClNO3/c18-13-6-4-12(5-7-13)14-9-19(10-15(14)17(21)22)16(20)8-3-11-1-2-11/h4-7,11,14-15H,1-3,8-10H2,(H,21,22)/t14-,15+/m0/s1. The molecular formula is C17H20ClNO3. The van der Waals surface area contributed by atoms with Crippen LogP contribution in [-0.2, 0) is 9.59 Å². The highest BCUT2D eigenvalue weighted by Gasteiger charge is 2.40. The van der Waals surface area contributed by atoms with E-state index >= 15 is 0 Å². The van der Waals surface area contributed by atoms with Gasteiger partial charge >= 0.3 is 5.97 Å². The third kappa shape index (κ3) is 3.43. The SMILES string of the molecule is O=C(O)[C@@H]1CN(C(=O)CCC2CC2)C[C@H]1c1ccc(Cl)cc1. The van der Waals surface area contributed by atoms with Crippen LogP contribution in [-0.4, -0.2) is 35.0 Å². The van der Waals surface area contributed by atoms with Gasteiger partial charge in [0.25, 0.3) is 0 Å². The lowest BCUT2D eigenvalue weighted by Crippen LogP contribution is -2.29. The molecule has 0 aromatic heterocycles.